The number of nitrogens with two attached hydrogens (primary N) is 1. The van der Waals surface area contributed by atoms with Crippen LogP contribution in [-0.4, -0.2) is 18.4 Å². The first kappa shape index (κ1) is 21.8. The van der Waals surface area contributed by atoms with E-state index in [1.807, 2.05) is 26.0 Å². The van der Waals surface area contributed by atoms with Crippen molar-refractivity contribution in [3.05, 3.63) is 64.2 Å². The molecule has 0 aromatic heterocycles. The van der Waals surface area contributed by atoms with Crippen molar-refractivity contribution in [2.45, 2.75) is 39.7 Å². The predicted molar refractivity (Wildman–Crippen MR) is 112 cm³/mol. The Labute approximate surface area is 171 Å². The molecule has 2 amide bonds. The Kier molecular flexibility index (Phi) is 7.46. The van der Waals surface area contributed by atoms with Gasteiger partial charge in [-0.1, -0.05) is 63.6 Å². The predicted octanol–water partition coefficient (Wildman–Crippen LogP) is 4.45. The maximum absolute atomic E-state index is 12.4. The lowest BCUT2D eigenvalue weighted by Gasteiger charge is -2.23. The molecule has 2 aromatic carbocycles. The lowest BCUT2D eigenvalue weighted by Crippen LogP contribution is -2.35. The van der Waals surface area contributed by atoms with Gasteiger partial charge < -0.3 is 15.8 Å². The number of benzene rings is 2. The van der Waals surface area contributed by atoms with E-state index in [0.717, 1.165) is 5.56 Å². The summed E-state index contributed by atoms with van der Waals surface area (Å²) in [6.45, 7) is 8.16. The molecule has 0 saturated carbocycles. The molecule has 0 unspecified atom stereocenters. The van der Waals surface area contributed by atoms with Gasteiger partial charge >= 0.3 is 0 Å². The molecular formula is C22H27ClN2O3. The fraction of sp³-hybridized carbons (Fsp3) is 0.364. The normalized spacial score (nSPS) is 12.1. The first-order valence-corrected chi connectivity index (χ1v) is 9.68. The number of nitrogens with one attached hydrogen (secondary N) is 1. The first-order chi connectivity index (χ1) is 13.2. The fourth-order valence-electron chi connectivity index (χ4n) is 2.90. The third-order valence-electron chi connectivity index (χ3n) is 4.51. The quantitative estimate of drug-likeness (QED) is 0.684. The molecule has 2 rings (SSSR count). The van der Waals surface area contributed by atoms with Crippen molar-refractivity contribution >= 4 is 23.4 Å². The van der Waals surface area contributed by atoms with Crippen molar-refractivity contribution in [1.82, 2.24) is 5.32 Å². The lowest BCUT2D eigenvalue weighted by molar-refractivity contribution is -0.124. The van der Waals surface area contributed by atoms with Crippen LogP contribution in [0, 0.1) is 5.92 Å². The molecule has 0 radical (unpaired) electrons. The van der Waals surface area contributed by atoms with E-state index in [9.17, 15) is 9.59 Å². The zero-order valence-electron chi connectivity index (χ0n) is 16.7. The van der Waals surface area contributed by atoms with E-state index in [1.54, 1.807) is 6.07 Å². The minimum Gasteiger partial charge on any atom is -0.483 e. The minimum atomic E-state index is -0.664. The average molecular weight is 403 g/mol. The Morgan fingerprint density at radius 3 is 2.18 bits per heavy atom. The number of hydrogen-bond donors (Lipinski definition) is 2. The van der Waals surface area contributed by atoms with Crippen LogP contribution in [0.25, 0.3) is 0 Å². The van der Waals surface area contributed by atoms with Gasteiger partial charge in [0.2, 0.25) is 0 Å². The molecule has 0 fully saturated rings. The van der Waals surface area contributed by atoms with Crippen LogP contribution in [0.15, 0.2) is 42.5 Å². The number of carbonyl (C=O) groups is 2. The number of primary amides is 1. The van der Waals surface area contributed by atoms with Gasteiger partial charge in [0.1, 0.15) is 5.75 Å². The average Bonchev–Trinajstić information content (AvgIpc) is 2.64. The van der Waals surface area contributed by atoms with Crippen LogP contribution in [0.1, 0.15) is 61.1 Å². The maximum atomic E-state index is 12.4. The van der Waals surface area contributed by atoms with Crippen LogP contribution in [0.5, 0.6) is 5.75 Å². The van der Waals surface area contributed by atoms with Crippen molar-refractivity contribution in [2.75, 3.05) is 6.61 Å². The van der Waals surface area contributed by atoms with Gasteiger partial charge in [-0.2, -0.15) is 0 Å². The van der Waals surface area contributed by atoms with Gasteiger partial charge in [-0.15, -0.1) is 0 Å². The van der Waals surface area contributed by atoms with Gasteiger partial charge in [0.05, 0.1) is 11.6 Å². The molecule has 0 aliphatic heterocycles. The van der Waals surface area contributed by atoms with E-state index in [2.05, 4.69) is 31.3 Å². The highest BCUT2D eigenvalue weighted by Gasteiger charge is 2.19. The summed E-state index contributed by atoms with van der Waals surface area (Å²) in [6.07, 6.45) is 0. The smallest absolute Gasteiger partial charge is 0.258 e. The van der Waals surface area contributed by atoms with Gasteiger partial charge in [0.15, 0.2) is 6.61 Å². The summed E-state index contributed by atoms with van der Waals surface area (Å²) in [7, 11) is 0. The zero-order valence-corrected chi connectivity index (χ0v) is 17.4. The van der Waals surface area contributed by atoms with Gasteiger partial charge in [-0.25, -0.2) is 0 Å². The molecule has 0 saturated heterocycles. The molecule has 0 spiro atoms. The lowest BCUT2D eigenvalue weighted by atomic mass is 9.93. The monoisotopic (exact) mass is 402 g/mol. The van der Waals surface area contributed by atoms with E-state index in [-0.39, 0.29) is 35.8 Å². The highest BCUT2D eigenvalue weighted by atomic mass is 35.5. The van der Waals surface area contributed by atoms with Crippen molar-refractivity contribution in [1.29, 1.82) is 0 Å². The number of amides is 2. The van der Waals surface area contributed by atoms with Gasteiger partial charge in [-0.05, 0) is 41.2 Å². The van der Waals surface area contributed by atoms with Crippen molar-refractivity contribution < 1.29 is 14.3 Å². The number of ether oxygens (including phenoxy) is 1. The van der Waals surface area contributed by atoms with Crippen LogP contribution < -0.4 is 15.8 Å². The van der Waals surface area contributed by atoms with Crippen LogP contribution in [0.3, 0.4) is 0 Å². The number of carbonyl (C=O) groups excluding carboxylic acids is 2. The molecule has 0 aliphatic rings. The second-order valence-electron chi connectivity index (χ2n) is 7.40. The Balaban J connectivity index is 2.06. The summed E-state index contributed by atoms with van der Waals surface area (Å²) < 4.78 is 5.51. The standard InChI is InChI=1S/C22H27ClN2O3/c1-13(2)15-5-7-16(8-6-15)21(14(3)4)25-20(26)12-28-19-10-9-17(23)11-18(19)22(24)27/h5-11,13-14,21H,12H2,1-4H3,(H2,24,27)(H,25,26)/t21-/m0/s1. The fourth-order valence-corrected chi connectivity index (χ4v) is 3.07. The Morgan fingerprint density at radius 2 is 1.64 bits per heavy atom. The molecule has 0 aliphatic carbocycles. The van der Waals surface area contributed by atoms with Gasteiger partial charge in [0, 0.05) is 5.02 Å². The number of rotatable bonds is 8. The Hall–Kier alpha value is -2.53. The molecule has 28 heavy (non-hydrogen) atoms. The highest BCUT2D eigenvalue weighted by Crippen LogP contribution is 2.25. The summed E-state index contributed by atoms with van der Waals surface area (Å²) in [5, 5.41) is 3.38. The van der Waals surface area contributed by atoms with Gasteiger partial charge in [-0.3, -0.25) is 9.59 Å². The van der Waals surface area contributed by atoms with Crippen LogP contribution in [0.2, 0.25) is 5.02 Å². The summed E-state index contributed by atoms with van der Waals surface area (Å²) in [5.74, 6) is -0.0615. The van der Waals surface area contributed by atoms with Crippen LogP contribution in [0.4, 0.5) is 0 Å². The summed E-state index contributed by atoms with van der Waals surface area (Å²) in [6, 6.07) is 12.7. The maximum Gasteiger partial charge on any atom is 0.258 e. The van der Waals surface area contributed by atoms with E-state index < -0.39 is 5.91 Å². The second kappa shape index (κ2) is 9.60. The second-order valence-corrected chi connectivity index (χ2v) is 7.84. The van der Waals surface area contributed by atoms with E-state index in [1.165, 1.54) is 17.7 Å². The van der Waals surface area contributed by atoms with Crippen LogP contribution in [-0.2, 0) is 4.79 Å². The molecule has 6 heteroatoms. The third-order valence-corrected chi connectivity index (χ3v) is 4.75. The third kappa shape index (κ3) is 5.73. The summed E-state index contributed by atoms with van der Waals surface area (Å²) >= 11 is 5.88. The van der Waals surface area contributed by atoms with Crippen molar-refractivity contribution in [2.24, 2.45) is 11.7 Å². The molecule has 150 valence electrons. The SMILES string of the molecule is CC(C)c1ccc([C@@H](NC(=O)COc2ccc(Cl)cc2C(N)=O)C(C)C)cc1. The molecule has 3 N–H and O–H groups in total. The molecule has 2 aromatic rings. The number of hydrogen-bond acceptors (Lipinski definition) is 3. The topological polar surface area (TPSA) is 81.4 Å². The molecule has 0 heterocycles. The Morgan fingerprint density at radius 1 is 1.04 bits per heavy atom. The summed E-state index contributed by atoms with van der Waals surface area (Å²) in [5.41, 5.74) is 7.78. The largest absolute Gasteiger partial charge is 0.483 e. The molecule has 1 atom stereocenters. The van der Waals surface area contributed by atoms with E-state index in [4.69, 9.17) is 22.1 Å². The first-order valence-electron chi connectivity index (χ1n) is 9.30. The number of halogens is 1. The van der Waals surface area contributed by atoms with Crippen LogP contribution >= 0.6 is 11.6 Å². The van der Waals surface area contributed by atoms with E-state index >= 15 is 0 Å². The zero-order chi connectivity index (χ0) is 20.8. The van der Waals surface area contributed by atoms with Gasteiger partial charge in [0.25, 0.3) is 11.8 Å². The summed E-state index contributed by atoms with van der Waals surface area (Å²) in [4.78, 5) is 24.0. The molecular weight excluding hydrogens is 376 g/mol. The van der Waals surface area contributed by atoms with Crippen molar-refractivity contribution in [3.8, 4) is 5.75 Å². The molecule has 0 bridgehead atoms. The highest BCUT2D eigenvalue weighted by molar-refractivity contribution is 6.31. The molecule has 5 nitrogen and oxygen atoms in total. The minimum absolute atomic E-state index is 0.141. The Bertz CT molecular complexity index is 832. The van der Waals surface area contributed by atoms with Crippen molar-refractivity contribution in [3.63, 3.8) is 0 Å². The van der Waals surface area contributed by atoms with E-state index in [0.29, 0.717) is 10.9 Å².